The number of nitrogens with zero attached hydrogens (tertiary/aromatic N) is 2. The first-order chi connectivity index (χ1) is 22.7. The molecule has 4 atom stereocenters. The zero-order chi connectivity index (χ0) is 38.5. The van der Waals surface area contributed by atoms with E-state index in [0.29, 0.717) is 5.56 Å². The summed E-state index contributed by atoms with van der Waals surface area (Å²) in [4.78, 5) is 55.6. The topological polar surface area (TPSA) is 156 Å². The first-order valence-electron chi connectivity index (χ1n) is 15.8. The Morgan fingerprint density at radius 3 is 1.86 bits per heavy atom. The van der Waals surface area contributed by atoms with Crippen LogP contribution in [-0.4, -0.2) is 94.0 Å². The van der Waals surface area contributed by atoms with E-state index in [0.717, 1.165) is 4.90 Å². The van der Waals surface area contributed by atoms with E-state index in [1.165, 1.54) is 32.9 Å². The molecule has 0 aliphatic carbocycles. The van der Waals surface area contributed by atoms with Crippen molar-refractivity contribution in [3.8, 4) is 0 Å². The van der Waals surface area contributed by atoms with E-state index in [2.05, 4.69) is 15.6 Å². The van der Waals surface area contributed by atoms with Gasteiger partial charge in [-0.3, -0.25) is 25.3 Å². The summed E-state index contributed by atoms with van der Waals surface area (Å²) in [6, 6.07) is 0.698. The van der Waals surface area contributed by atoms with Crippen molar-refractivity contribution in [3.05, 3.63) is 35.4 Å². The van der Waals surface area contributed by atoms with Crippen LogP contribution >= 0.6 is 0 Å². The van der Waals surface area contributed by atoms with Crippen LogP contribution < -0.4 is 10.6 Å². The van der Waals surface area contributed by atoms with E-state index >= 15 is 0 Å². The van der Waals surface area contributed by atoms with Crippen LogP contribution in [0.5, 0.6) is 0 Å². The number of alkyl carbamates (subject to hydrolysis) is 2. The molecule has 17 heteroatoms. The van der Waals surface area contributed by atoms with Crippen molar-refractivity contribution in [2.45, 2.75) is 135 Å². The Balaban J connectivity index is 2.58. The van der Waals surface area contributed by atoms with Crippen LogP contribution in [0.2, 0.25) is 0 Å². The summed E-state index contributed by atoms with van der Waals surface area (Å²) in [5, 5.41) is 15.2. The van der Waals surface area contributed by atoms with E-state index in [1.807, 2.05) is 0 Å². The average Bonchev–Trinajstić information content (AvgIpc) is 2.92. The van der Waals surface area contributed by atoms with Crippen LogP contribution in [0.25, 0.3) is 0 Å². The molecule has 1 heterocycles. The molecule has 0 fully saturated rings. The molecule has 1 aliphatic rings. The molecular formula is C33H46F5N4O8. The number of hydrogen-bond acceptors (Lipinski definition) is 10. The van der Waals surface area contributed by atoms with Crippen LogP contribution in [0, 0.1) is 0 Å². The number of carbonyl (C=O) groups excluding carboxylic acids is 4. The number of nitrogens with one attached hydrogen (secondary N) is 2. The molecule has 50 heavy (non-hydrogen) atoms. The number of aliphatic hydroxyl groups is 1. The zero-order valence-corrected chi connectivity index (χ0v) is 29.5. The molecule has 1 aliphatic heterocycles. The molecule has 0 bridgehead atoms. The average molecular weight is 722 g/mol. The van der Waals surface area contributed by atoms with Crippen LogP contribution in [0.15, 0.2) is 29.3 Å². The van der Waals surface area contributed by atoms with E-state index in [1.54, 1.807) is 60.0 Å². The highest BCUT2D eigenvalue weighted by molar-refractivity contribution is 6.01. The van der Waals surface area contributed by atoms with Crippen molar-refractivity contribution in [1.29, 1.82) is 0 Å². The summed E-state index contributed by atoms with van der Waals surface area (Å²) in [5.74, 6) is -7.24. The standard InChI is InChI=1S/C33H46F5N4O8/c1-29(2,3)48-25(45)23-21-14-11-10-13-19(21)17-20(18-43)42(23)22(24(44)32(34,35)33(36,37)38)15-12-16-39-26(40-27(46)49-30(4,5)6)41-28(47)50-31(7,8)9/h10-11,13-14,20,22-24,44H,12,15-17H2,1-9H3,(H2,39,40,41,46,47). The maximum Gasteiger partial charge on any atom is 0.456 e. The third-order valence-corrected chi connectivity index (χ3v) is 6.85. The summed E-state index contributed by atoms with van der Waals surface area (Å²) in [7, 11) is 0. The largest absolute Gasteiger partial charge is 0.459 e. The lowest BCUT2D eigenvalue weighted by Crippen LogP contribution is -2.62. The minimum absolute atomic E-state index is 0.184. The number of halogens is 5. The number of amides is 2. The molecule has 2 amide bonds. The Morgan fingerprint density at radius 1 is 0.900 bits per heavy atom. The molecule has 0 saturated heterocycles. The molecule has 0 spiro atoms. The Labute approximate surface area is 288 Å². The molecular weight excluding hydrogens is 675 g/mol. The van der Waals surface area contributed by atoms with Gasteiger partial charge in [0.2, 0.25) is 12.2 Å². The second-order valence-electron chi connectivity index (χ2n) is 14.7. The molecule has 1 aromatic carbocycles. The van der Waals surface area contributed by atoms with Gasteiger partial charge in [-0.15, -0.1) is 0 Å². The lowest BCUT2D eigenvalue weighted by atomic mass is 9.84. The number of carbonyl (C=O) groups is 3. The zero-order valence-electron chi connectivity index (χ0n) is 29.5. The fraction of sp³-hybridized carbons (Fsp3) is 0.667. The fourth-order valence-corrected chi connectivity index (χ4v) is 5.05. The first kappa shape index (κ1) is 42.3. The fourth-order valence-electron chi connectivity index (χ4n) is 5.05. The highest BCUT2D eigenvalue weighted by Gasteiger charge is 2.65. The van der Waals surface area contributed by atoms with Crippen molar-refractivity contribution < 1.29 is 60.4 Å². The number of aliphatic hydroxyl groups excluding tert-OH is 1. The third-order valence-electron chi connectivity index (χ3n) is 6.85. The molecule has 0 aromatic heterocycles. The van der Waals surface area contributed by atoms with Gasteiger partial charge in [0.15, 0.2) is 0 Å². The number of hydrogen-bond donors (Lipinski definition) is 3. The predicted molar refractivity (Wildman–Crippen MR) is 171 cm³/mol. The second kappa shape index (κ2) is 16.0. The highest BCUT2D eigenvalue weighted by Crippen LogP contribution is 2.44. The van der Waals surface area contributed by atoms with Crippen molar-refractivity contribution in [1.82, 2.24) is 15.5 Å². The number of guanidine groups is 1. The molecule has 0 saturated carbocycles. The van der Waals surface area contributed by atoms with Gasteiger partial charge in [-0.05, 0) is 92.7 Å². The van der Waals surface area contributed by atoms with Gasteiger partial charge < -0.3 is 19.3 Å². The van der Waals surface area contributed by atoms with Gasteiger partial charge in [-0.1, -0.05) is 24.3 Å². The van der Waals surface area contributed by atoms with Crippen LogP contribution in [0.3, 0.4) is 0 Å². The second-order valence-corrected chi connectivity index (χ2v) is 14.7. The first-order valence-corrected chi connectivity index (χ1v) is 15.8. The van der Waals surface area contributed by atoms with Gasteiger partial charge in [0.25, 0.3) is 0 Å². The van der Waals surface area contributed by atoms with Crippen molar-refractivity contribution in [2.24, 2.45) is 4.99 Å². The van der Waals surface area contributed by atoms with Crippen LogP contribution in [0.1, 0.15) is 92.3 Å². The quantitative estimate of drug-likeness (QED) is 0.0747. The third kappa shape index (κ3) is 12.2. The summed E-state index contributed by atoms with van der Waals surface area (Å²) in [6.45, 7) is 13.5. The summed E-state index contributed by atoms with van der Waals surface area (Å²) in [5.41, 5.74) is -2.44. The van der Waals surface area contributed by atoms with Crippen molar-refractivity contribution in [2.75, 3.05) is 6.54 Å². The number of fused-ring (bicyclic) bond motifs is 1. The lowest BCUT2D eigenvalue weighted by molar-refractivity contribution is -0.321. The lowest BCUT2D eigenvalue weighted by Gasteiger charge is -2.47. The Bertz CT molecular complexity index is 1370. The van der Waals surface area contributed by atoms with Gasteiger partial charge in [-0.25, -0.2) is 14.4 Å². The maximum absolute atomic E-state index is 14.9. The number of aliphatic imine (C=N–C) groups is 1. The van der Waals surface area contributed by atoms with Gasteiger partial charge in [0.05, 0.1) is 6.04 Å². The molecule has 1 aromatic rings. The van der Waals surface area contributed by atoms with Gasteiger partial charge in [0, 0.05) is 12.6 Å². The van der Waals surface area contributed by atoms with E-state index in [4.69, 9.17) is 14.2 Å². The Hall–Kier alpha value is -3.86. The van der Waals surface area contributed by atoms with Gasteiger partial charge in [0.1, 0.15) is 28.9 Å². The molecule has 3 N–H and O–H groups in total. The predicted octanol–water partition coefficient (Wildman–Crippen LogP) is 5.52. The number of benzene rings is 1. The molecule has 2 rings (SSSR count). The van der Waals surface area contributed by atoms with Crippen LogP contribution in [-0.2, 0) is 30.2 Å². The van der Waals surface area contributed by atoms with Gasteiger partial charge in [-0.2, -0.15) is 22.0 Å². The molecule has 4 unspecified atom stereocenters. The van der Waals surface area contributed by atoms with Gasteiger partial charge >= 0.3 is 30.3 Å². The normalized spacial score (nSPS) is 18.5. The number of ether oxygens (including phenoxy) is 3. The SMILES string of the molecule is CC(C)(C)OC(=O)NC(=NCCCC(C(O)C(F)(F)C(F)(F)F)N1C([C]=O)Cc2ccccc2C1C(=O)OC(C)(C)C)NC(=O)OC(C)(C)C. The maximum atomic E-state index is 14.9. The minimum Gasteiger partial charge on any atom is -0.459 e. The summed E-state index contributed by atoms with van der Waals surface area (Å²) >= 11 is 0. The van der Waals surface area contributed by atoms with Crippen LogP contribution in [0.4, 0.5) is 31.5 Å². The molecule has 12 nitrogen and oxygen atoms in total. The smallest absolute Gasteiger partial charge is 0.456 e. The summed E-state index contributed by atoms with van der Waals surface area (Å²) in [6.07, 6.45) is -11.4. The number of esters is 1. The monoisotopic (exact) mass is 721 g/mol. The van der Waals surface area contributed by atoms with E-state index in [-0.39, 0.29) is 18.4 Å². The number of alkyl halides is 5. The number of rotatable bonds is 9. The minimum atomic E-state index is -6.21. The Kier molecular flexibility index (Phi) is 13.5. The van der Waals surface area contributed by atoms with Crippen molar-refractivity contribution >= 4 is 30.4 Å². The molecule has 1 radical (unpaired) electrons. The highest BCUT2D eigenvalue weighted by atomic mass is 19.4. The molecule has 281 valence electrons. The van der Waals surface area contributed by atoms with Crippen molar-refractivity contribution in [3.63, 3.8) is 0 Å². The Morgan fingerprint density at radius 2 is 1.40 bits per heavy atom. The van der Waals surface area contributed by atoms with E-state index in [9.17, 15) is 46.2 Å². The van der Waals surface area contributed by atoms with E-state index < -0.39 is 90.2 Å². The summed E-state index contributed by atoms with van der Waals surface area (Å²) < 4.78 is 86.6.